The van der Waals surface area contributed by atoms with Crippen molar-refractivity contribution in [2.45, 2.75) is 37.8 Å². The van der Waals surface area contributed by atoms with Crippen LogP contribution in [0.3, 0.4) is 0 Å². The Bertz CT molecular complexity index is 1340. The summed E-state index contributed by atoms with van der Waals surface area (Å²) in [6.45, 7) is 0.646. The highest BCUT2D eigenvalue weighted by Crippen LogP contribution is 2.19. The average molecular weight is 559 g/mol. The number of benzene rings is 2. The van der Waals surface area contributed by atoms with Gasteiger partial charge in [0.25, 0.3) is 5.91 Å². The van der Waals surface area contributed by atoms with E-state index in [1.165, 1.54) is 4.90 Å². The minimum atomic E-state index is -1.00. The second-order valence-corrected chi connectivity index (χ2v) is 9.72. The van der Waals surface area contributed by atoms with Crippen molar-refractivity contribution in [2.75, 3.05) is 26.7 Å². The molecule has 0 saturated heterocycles. The predicted octanol–water partition coefficient (Wildman–Crippen LogP) is 1.29. The third kappa shape index (κ3) is 8.59. The molecule has 4 rings (SSSR count). The number of para-hydroxylation sites is 1. The maximum absolute atomic E-state index is 13.4. The van der Waals surface area contributed by atoms with E-state index >= 15 is 0 Å². The molecule has 11 heteroatoms. The summed E-state index contributed by atoms with van der Waals surface area (Å²) in [6.07, 6.45) is 5.46. The van der Waals surface area contributed by atoms with Crippen molar-refractivity contribution in [3.05, 3.63) is 90.0 Å². The van der Waals surface area contributed by atoms with Gasteiger partial charge in [-0.05, 0) is 24.1 Å². The van der Waals surface area contributed by atoms with Crippen LogP contribution in [-0.2, 0) is 27.2 Å². The minimum Gasteiger partial charge on any atom is -0.491 e. The first-order chi connectivity index (χ1) is 19.9. The molecule has 214 valence electrons. The van der Waals surface area contributed by atoms with Crippen LogP contribution in [0.15, 0.2) is 73.2 Å². The first-order valence-corrected chi connectivity index (χ1v) is 13.5. The Labute approximate surface area is 238 Å². The number of likely N-dealkylation sites (N-methyl/N-ethyl adjacent to an activating group) is 1. The molecule has 3 N–H and O–H groups in total. The summed E-state index contributed by atoms with van der Waals surface area (Å²) >= 11 is 0. The molecule has 0 fully saturated rings. The van der Waals surface area contributed by atoms with Crippen LogP contribution < -0.4 is 20.7 Å². The number of carbonyl (C=O) groups excluding carboxylic acids is 4. The minimum absolute atomic E-state index is 0.0274. The van der Waals surface area contributed by atoms with Gasteiger partial charge in [0.2, 0.25) is 17.7 Å². The zero-order valence-electron chi connectivity index (χ0n) is 22.9. The zero-order valence-corrected chi connectivity index (χ0v) is 22.9. The summed E-state index contributed by atoms with van der Waals surface area (Å²) in [5.74, 6) is -1.27. The monoisotopic (exact) mass is 558 g/mol. The number of nitrogens with zero attached hydrogens (tertiary/aromatic N) is 3. The van der Waals surface area contributed by atoms with Gasteiger partial charge in [0.05, 0.1) is 17.8 Å². The van der Waals surface area contributed by atoms with Crippen molar-refractivity contribution < 1.29 is 23.9 Å². The molecular weight excluding hydrogens is 524 g/mol. The maximum atomic E-state index is 13.4. The third-order valence-electron chi connectivity index (χ3n) is 6.69. The van der Waals surface area contributed by atoms with Crippen LogP contribution in [0.25, 0.3) is 0 Å². The van der Waals surface area contributed by atoms with Gasteiger partial charge in [-0.2, -0.15) is 0 Å². The number of amides is 4. The van der Waals surface area contributed by atoms with E-state index in [4.69, 9.17) is 4.74 Å². The van der Waals surface area contributed by atoms with E-state index in [0.29, 0.717) is 24.3 Å². The fourth-order valence-corrected chi connectivity index (χ4v) is 4.44. The largest absolute Gasteiger partial charge is 0.491 e. The molecule has 2 heterocycles. The predicted molar refractivity (Wildman–Crippen MR) is 151 cm³/mol. The van der Waals surface area contributed by atoms with Crippen molar-refractivity contribution in [3.63, 3.8) is 0 Å². The molecular formula is C30H34N6O5. The molecule has 0 radical (unpaired) electrons. The highest BCUT2D eigenvalue weighted by molar-refractivity contribution is 5.99. The molecule has 2 aromatic carbocycles. The number of hydrogen-bond acceptors (Lipinski definition) is 7. The van der Waals surface area contributed by atoms with Gasteiger partial charge >= 0.3 is 0 Å². The molecule has 0 unspecified atom stereocenters. The first-order valence-electron chi connectivity index (χ1n) is 13.5. The summed E-state index contributed by atoms with van der Waals surface area (Å²) in [6, 6.07) is 14.3. The van der Waals surface area contributed by atoms with Crippen LogP contribution >= 0.6 is 0 Å². The van der Waals surface area contributed by atoms with Crippen molar-refractivity contribution in [3.8, 4) is 5.75 Å². The Morgan fingerprint density at radius 1 is 1.05 bits per heavy atom. The van der Waals surface area contributed by atoms with E-state index < -0.39 is 29.8 Å². The van der Waals surface area contributed by atoms with Gasteiger partial charge in [-0.15, -0.1) is 0 Å². The van der Waals surface area contributed by atoms with Crippen molar-refractivity contribution in [1.29, 1.82) is 0 Å². The normalized spacial score (nSPS) is 18.6. The Morgan fingerprint density at radius 2 is 1.83 bits per heavy atom. The molecule has 41 heavy (non-hydrogen) atoms. The molecule has 1 aliphatic heterocycles. The molecule has 0 aliphatic carbocycles. The van der Waals surface area contributed by atoms with Crippen molar-refractivity contribution in [2.24, 2.45) is 0 Å². The van der Waals surface area contributed by atoms with E-state index in [-0.39, 0.29) is 44.0 Å². The zero-order chi connectivity index (χ0) is 29.0. The summed E-state index contributed by atoms with van der Waals surface area (Å²) in [5.41, 5.74) is 1.86. The number of rotatable bonds is 6. The fraction of sp³-hybridized carbons (Fsp3) is 0.333. The lowest BCUT2D eigenvalue weighted by molar-refractivity contribution is -0.135. The molecule has 11 nitrogen and oxygen atoms in total. The lowest BCUT2D eigenvalue weighted by atomic mass is 10.0. The second-order valence-electron chi connectivity index (χ2n) is 9.72. The summed E-state index contributed by atoms with van der Waals surface area (Å²) in [4.78, 5) is 62.5. The summed E-state index contributed by atoms with van der Waals surface area (Å²) < 4.78 is 5.88. The smallest absolute Gasteiger partial charge is 0.255 e. The lowest BCUT2D eigenvalue weighted by Gasteiger charge is -2.25. The number of aromatic nitrogens is 2. The lowest BCUT2D eigenvalue weighted by Crippen LogP contribution is -2.50. The highest BCUT2D eigenvalue weighted by atomic mass is 16.5. The van der Waals surface area contributed by atoms with Crippen LogP contribution in [0.1, 0.15) is 34.5 Å². The molecule has 0 saturated carbocycles. The number of nitrogens with one attached hydrogen (secondary N) is 3. The van der Waals surface area contributed by atoms with Crippen molar-refractivity contribution in [1.82, 2.24) is 30.8 Å². The molecule has 4 amide bonds. The molecule has 1 aromatic heterocycles. The quantitative estimate of drug-likeness (QED) is 0.414. The highest BCUT2D eigenvalue weighted by Gasteiger charge is 2.28. The topological polar surface area (TPSA) is 143 Å². The van der Waals surface area contributed by atoms with E-state index in [1.54, 1.807) is 49.9 Å². The second kappa shape index (κ2) is 14.5. The Kier molecular flexibility index (Phi) is 10.4. The molecule has 3 aromatic rings. The molecule has 0 bridgehead atoms. The number of carbonyl (C=O) groups is 4. The van der Waals surface area contributed by atoms with Gasteiger partial charge in [0.1, 0.15) is 24.4 Å². The van der Waals surface area contributed by atoms with Crippen LogP contribution in [0.4, 0.5) is 0 Å². The van der Waals surface area contributed by atoms with E-state index in [9.17, 15) is 19.2 Å². The van der Waals surface area contributed by atoms with Gasteiger partial charge in [0, 0.05) is 51.4 Å². The Hall–Kier alpha value is -4.80. The standard InChI is InChI=1S/C30H34N6O5/c1-36-17-18-41-26-10-6-5-9-23(26)28(38)35-24(29(39)33-14-13-22-20-31-15-16-32-22)11-12-27(37)34-25(30(36)40)19-21-7-3-2-4-8-21/h2-10,15-16,20,24-25H,11-14,17-19H2,1H3,(H,33,39)(H,34,37)(H,35,38)/t24-,25-/m0/s1. The molecule has 2 atom stereocenters. The van der Waals surface area contributed by atoms with Crippen molar-refractivity contribution >= 4 is 23.6 Å². The number of fused-ring (bicyclic) bond motifs is 1. The van der Waals surface area contributed by atoms with Gasteiger partial charge in [-0.1, -0.05) is 42.5 Å². The van der Waals surface area contributed by atoms with Crippen LogP contribution in [0.5, 0.6) is 5.75 Å². The maximum Gasteiger partial charge on any atom is 0.255 e. The molecule has 1 aliphatic rings. The van der Waals surface area contributed by atoms with Gasteiger partial charge in [0.15, 0.2) is 0 Å². The van der Waals surface area contributed by atoms with E-state index in [2.05, 4.69) is 25.9 Å². The number of hydrogen-bond donors (Lipinski definition) is 3. The van der Waals surface area contributed by atoms with Gasteiger partial charge in [-0.25, -0.2) is 0 Å². The summed E-state index contributed by atoms with van der Waals surface area (Å²) in [5, 5.41) is 8.41. The van der Waals surface area contributed by atoms with Gasteiger partial charge < -0.3 is 25.6 Å². The Balaban J connectivity index is 1.53. The Morgan fingerprint density at radius 3 is 2.61 bits per heavy atom. The third-order valence-corrected chi connectivity index (χ3v) is 6.69. The van der Waals surface area contributed by atoms with E-state index in [0.717, 1.165) is 5.56 Å². The van der Waals surface area contributed by atoms with Crippen LogP contribution in [-0.4, -0.2) is 77.3 Å². The van der Waals surface area contributed by atoms with Gasteiger partial charge in [-0.3, -0.25) is 29.1 Å². The fourth-order valence-electron chi connectivity index (χ4n) is 4.44. The van der Waals surface area contributed by atoms with E-state index in [1.807, 2.05) is 30.3 Å². The van der Waals surface area contributed by atoms with Crippen LogP contribution in [0, 0.1) is 0 Å². The average Bonchev–Trinajstić information content (AvgIpc) is 2.99. The van der Waals surface area contributed by atoms with Crippen LogP contribution in [0.2, 0.25) is 0 Å². The number of ether oxygens (including phenoxy) is 1. The molecule has 0 spiro atoms. The first kappa shape index (κ1) is 29.2. The SMILES string of the molecule is CN1CCOc2ccccc2C(=O)N[C@H](C(=O)NCCc2cnccn2)CCC(=O)N[C@@H](Cc2ccccc2)C1=O. The summed E-state index contributed by atoms with van der Waals surface area (Å²) in [7, 11) is 1.65.